The summed E-state index contributed by atoms with van der Waals surface area (Å²) >= 11 is 0. The van der Waals surface area contributed by atoms with Crippen molar-refractivity contribution in [2.75, 3.05) is 7.11 Å². The standard InChI is InChI=1S/C8H15BO4/c1-13-8(10)6-2-4-7(5-3-6)9(11)12/h6-7,11-12H,2-5H2,1H3. The van der Waals surface area contributed by atoms with E-state index < -0.39 is 7.12 Å². The van der Waals surface area contributed by atoms with Gasteiger partial charge in [-0.15, -0.1) is 0 Å². The summed E-state index contributed by atoms with van der Waals surface area (Å²) in [6.07, 6.45) is 2.79. The second-order valence-corrected chi connectivity index (χ2v) is 3.55. The van der Waals surface area contributed by atoms with Crippen LogP contribution in [0.3, 0.4) is 0 Å². The lowest BCUT2D eigenvalue weighted by Gasteiger charge is -2.25. The van der Waals surface area contributed by atoms with Crippen molar-refractivity contribution in [1.82, 2.24) is 0 Å². The Kier molecular flexibility index (Phi) is 3.75. The monoisotopic (exact) mass is 186 g/mol. The van der Waals surface area contributed by atoms with Crippen molar-refractivity contribution < 1.29 is 19.6 Å². The number of carbonyl (C=O) groups is 1. The Balaban J connectivity index is 2.34. The van der Waals surface area contributed by atoms with Crippen LogP contribution in [0.4, 0.5) is 0 Å². The summed E-state index contributed by atoms with van der Waals surface area (Å²) in [4.78, 5) is 11.1. The molecule has 13 heavy (non-hydrogen) atoms. The molecule has 0 saturated heterocycles. The number of esters is 1. The van der Waals surface area contributed by atoms with Crippen LogP contribution in [0.25, 0.3) is 0 Å². The number of hydrogen-bond donors (Lipinski definition) is 2. The van der Waals surface area contributed by atoms with Crippen LogP contribution in [0.5, 0.6) is 0 Å². The maximum Gasteiger partial charge on any atom is 0.454 e. The largest absolute Gasteiger partial charge is 0.469 e. The van der Waals surface area contributed by atoms with Crippen molar-refractivity contribution >= 4 is 13.1 Å². The summed E-state index contributed by atoms with van der Waals surface area (Å²) in [6.45, 7) is 0. The SMILES string of the molecule is COC(=O)C1CCC(B(O)O)CC1. The van der Waals surface area contributed by atoms with Crippen molar-refractivity contribution in [3.8, 4) is 0 Å². The average Bonchev–Trinajstić information content (AvgIpc) is 2.17. The van der Waals surface area contributed by atoms with Crippen LogP contribution in [0.2, 0.25) is 5.82 Å². The predicted octanol–water partition coefficient (Wildman–Crippen LogP) is 0.193. The zero-order chi connectivity index (χ0) is 9.84. The first-order chi connectivity index (χ1) is 6.15. The normalized spacial score (nSPS) is 28.2. The van der Waals surface area contributed by atoms with Crippen molar-refractivity contribution in [2.45, 2.75) is 31.5 Å². The molecule has 0 bridgehead atoms. The first kappa shape index (κ1) is 10.5. The van der Waals surface area contributed by atoms with Gasteiger partial charge in [0.1, 0.15) is 0 Å². The number of hydrogen-bond acceptors (Lipinski definition) is 4. The zero-order valence-electron chi connectivity index (χ0n) is 7.77. The third-order valence-electron chi connectivity index (χ3n) is 2.73. The van der Waals surface area contributed by atoms with Gasteiger partial charge in [0, 0.05) is 0 Å². The molecular weight excluding hydrogens is 171 g/mol. The molecule has 1 fully saturated rings. The van der Waals surface area contributed by atoms with E-state index in [1.165, 1.54) is 7.11 Å². The molecular formula is C8H15BO4. The topological polar surface area (TPSA) is 66.8 Å². The van der Waals surface area contributed by atoms with Crippen LogP contribution >= 0.6 is 0 Å². The van der Waals surface area contributed by atoms with Gasteiger partial charge in [-0.05, 0) is 18.7 Å². The van der Waals surface area contributed by atoms with Crippen molar-refractivity contribution in [3.63, 3.8) is 0 Å². The lowest BCUT2D eigenvalue weighted by atomic mass is 9.63. The van der Waals surface area contributed by atoms with Gasteiger partial charge in [-0.1, -0.05) is 12.8 Å². The molecule has 5 heteroatoms. The van der Waals surface area contributed by atoms with E-state index >= 15 is 0 Å². The lowest BCUT2D eigenvalue weighted by Crippen LogP contribution is -2.28. The molecule has 0 atom stereocenters. The molecule has 74 valence electrons. The molecule has 0 heterocycles. The smallest absolute Gasteiger partial charge is 0.454 e. The second-order valence-electron chi connectivity index (χ2n) is 3.55. The Morgan fingerprint density at radius 3 is 2.23 bits per heavy atom. The van der Waals surface area contributed by atoms with Crippen LogP contribution in [0.15, 0.2) is 0 Å². The molecule has 4 nitrogen and oxygen atoms in total. The van der Waals surface area contributed by atoms with Crippen LogP contribution in [-0.4, -0.2) is 30.2 Å². The highest BCUT2D eigenvalue weighted by Gasteiger charge is 2.32. The molecule has 1 rings (SSSR count). The van der Waals surface area contributed by atoms with E-state index in [4.69, 9.17) is 10.0 Å². The molecule has 1 aliphatic rings. The fourth-order valence-corrected chi connectivity index (χ4v) is 1.82. The highest BCUT2D eigenvalue weighted by atomic mass is 16.5. The van der Waals surface area contributed by atoms with Gasteiger partial charge in [-0.3, -0.25) is 4.79 Å². The van der Waals surface area contributed by atoms with Crippen molar-refractivity contribution in [3.05, 3.63) is 0 Å². The summed E-state index contributed by atoms with van der Waals surface area (Å²) in [5, 5.41) is 17.8. The van der Waals surface area contributed by atoms with Crippen LogP contribution in [0, 0.1) is 5.92 Å². The predicted molar refractivity (Wildman–Crippen MR) is 47.9 cm³/mol. The van der Waals surface area contributed by atoms with Crippen LogP contribution in [-0.2, 0) is 9.53 Å². The van der Waals surface area contributed by atoms with E-state index in [2.05, 4.69) is 4.74 Å². The summed E-state index contributed by atoms with van der Waals surface area (Å²) in [7, 11) is 0.147. The highest BCUT2D eigenvalue weighted by Crippen LogP contribution is 2.33. The number of rotatable bonds is 2. The van der Waals surface area contributed by atoms with Crippen LogP contribution in [0.1, 0.15) is 25.7 Å². The second kappa shape index (κ2) is 4.62. The molecule has 2 N–H and O–H groups in total. The highest BCUT2D eigenvalue weighted by molar-refractivity contribution is 6.43. The summed E-state index contributed by atoms with van der Waals surface area (Å²) in [6, 6.07) is 0. The van der Waals surface area contributed by atoms with E-state index in [9.17, 15) is 4.79 Å². The first-order valence-corrected chi connectivity index (χ1v) is 4.59. The number of carbonyl (C=O) groups excluding carboxylic acids is 1. The Morgan fingerprint density at radius 1 is 1.31 bits per heavy atom. The summed E-state index contributed by atoms with van der Waals surface area (Å²) < 4.78 is 4.62. The molecule has 0 radical (unpaired) electrons. The fourth-order valence-electron chi connectivity index (χ4n) is 1.82. The average molecular weight is 186 g/mol. The maximum atomic E-state index is 11.1. The number of methoxy groups -OCH3 is 1. The quantitative estimate of drug-likeness (QED) is 0.477. The van der Waals surface area contributed by atoms with Gasteiger partial charge >= 0.3 is 13.1 Å². The van der Waals surface area contributed by atoms with Crippen LogP contribution < -0.4 is 0 Å². The molecule has 0 spiro atoms. The molecule has 1 aliphatic carbocycles. The van der Waals surface area contributed by atoms with Crippen molar-refractivity contribution in [2.24, 2.45) is 5.92 Å². The first-order valence-electron chi connectivity index (χ1n) is 4.59. The van der Waals surface area contributed by atoms with Gasteiger partial charge in [0.05, 0.1) is 13.0 Å². The minimum Gasteiger partial charge on any atom is -0.469 e. The van der Waals surface area contributed by atoms with E-state index in [0.29, 0.717) is 25.7 Å². The van der Waals surface area contributed by atoms with Gasteiger partial charge in [-0.25, -0.2) is 0 Å². The Morgan fingerprint density at radius 2 is 1.85 bits per heavy atom. The Bertz CT molecular complexity index is 175. The maximum absolute atomic E-state index is 11.1. The van der Waals surface area contributed by atoms with Gasteiger partial charge in [-0.2, -0.15) is 0 Å². The minimum absolute atomic E-state index is 0.0417. The molecule has 0 amide bonds. The summed E-state index contributed by atoms with van der Waals surface area (Å²) in [5.74, 6) is -0.285. The zero-order valence-corrected chi connectivity index (χ0v) is 7.77. The Labute approximate surface area is 78.0 Å². The van der Waals surface area contributed by atoms with Gasteiger partial charge in [0.15, 0.2) is 0 Å². The third kappa shape index (κ3) is 2.71. The Hall–Kier alpha value is -0.545. The minimum atomic E-state index is -1.24. The lowest BCUT2D eigenvalue weighted by molar-refractivity contribution is -0.146. The molecule has 0 aromatic heterocycles. The molecule has 0 unspecified atom stereocenters. The summed E-state index contributed by atoms with van der Waals surface area (Å²) in [5.41, 5.74) is 0. The molecule has 0 aromatic rings. The molecule has 0 aliphatic heterocycles. The van der Waals surface area contributed by atoms with E-state index in [1.807, 2.05) is 0 Å². The molecule has 0 aromatic carbocycles. The van der Waals surface area contributed by atoms with E-state index in [-0.39, 0.29) is 17.7 Å². The third-order valence-corrected chi connectivity index (χ3v) is 2.73. The number of ether oxygens (including phenoxy) is 1. The van der Waals surface area contributed by atoms with E-state index in [0.717, 1.165) is 0 Å². The van der Waals surface area contributed by atoms with Gasteiger partial charge in [0.25, 0.3) is 0 Å². The molecule has 1 saturated carbocycles. The fraction of sp³-hybridized carbons (Fsp3) is 0.875. The van der Waals surface area contributed by atoms with E-state index in [1.54, 1.807) is 0 Å². The van der Waals surface area contributed by atoms with Gasteiger partial charge < -0.3 is 14.8 Å². The van der Waals surface area contributed by atoms with Gasteiger partial charge in [0.2, 0.25) is 0 Å². The van der Waals surface area contributed by atoms with Crippen molar-refractivity contribution in [1.29, 1.82) is 0 Å².